The fourth-order valence-corrected chi connectivity index (χ4v) is 1.93. The molecular formula is C10H10ClNO2. The monoisotopic (exact) mass is 211 g/mol. The second kappa shape index (κ2) is 2.97. The lowest BCUT2D eigenvalue weighted by Gasteiger charge is -2.06. The van der Waals surface area contributed by atoms with Gasteiger partial charge in [0.25, 0.3) is 0 Å². The van der Waals surface area contributed by atoms with Crippen LogP contribution in [-0.2, 0) is 4.79 Å². The summed E-state index contributed by atoms with van der Waals surface area (Å²) in [7, 11) is 0. The Morgan fingerprint density at radius 2 is 2.21 bits per heavy atom. The van der Waals surface area contributed by atoms with Gasteiger partial charge in [0.05, 0.1) is 0 Å². The number of benzene rings is 1. The Morgan fingerprint density at radius 1 is 1.57 bits per heavy atom. The van der Waals surface area contributed by atoms with Gasteiger partial charge in [0, 0.05) is 10.9 Å². The zero-order valence-electron chi connectivity index (χ0n) is 7.40. The van der Waals surface area contributed by atoms with Gasteiger partial charge >= 0.3 is 5.97 Å². The lowest BCUT2D eigenvalue weighted by molar-refractivity contribution is -0.139. The van der Waals surface area contributed by atoms with Crippen molar-refractivity contribution in [3.8, 4) is 0 Å². The third-order valence-corrected chi connectivity index (χ3v) is 3.03. The third kappa shape index (κ3) is 1.29. The van der Waals surface area contributed by atoms with Crippen molar-refractivity contribution in [2.45, 2.75) is 17.9 Å². The van der Waals surface area contributed by atoms with Crippen LogP contribution in [0.3, 0.4) is 0 Å². The molecule has 0 spiro atoms. The molecule has 0 amide bonds. The second-order valence-corrected chi connectivity index (χ2v) is 4.03. The van der Waals surface area contributed by atoms with E-state index in [0.717, 1.165) is 5.56 Å². The summed E-state index contributed by atoms with van der Waals surface area (Å²) in [5, 5.41) is 9.46. The maximum Gasteiger partial charge on any atom is 0.324 e. The van der Waals surface area contributed by atoms with Crippen molar-refractivity contribution in [2.75, 3.05) is 0 Å². The fraction of sp³-hybridized carbons (Fsp3) is 0.300. The van der Waals surface area contributed by atoms with Gasteiger partial charge in [-0.3, -0.25) is 4.79 Å². The molecule has 1 aliphatic carbocycles. The molecule has 1 aromatic rings. The van der Waals surface area contributed by atoms with Crippen LogP contribution >= 0.6 is 11.6 Å². The van der Waals surface area contributed by atoms with Gasteiger partial charge in [-0.15, -0.1) is 0 Å². The second-order valence-electron chi connectivity index (χ2n) is 3.62. The molecule has 3 nitrogen and oxygen atoms in total. The molecule has 0 radical (unpaired) electrons. The zero-order chi connectivity index (χ0) is 10.3. The van der Waals surface area contributed by atoms with Crippen LogP contribution in [0.1, 0.15) is 17.9 Å². The fourth-order valence-electron chi connectivity index (χ4n) is 1.66. The first-order chi connectivity index (χ1) is 6.55. The number of halogens is 1. The van der Waals surface area contributed by atoms with Gasteiger partial charge in [-0.25, -0.2) is 0 Å². The summed E-state index contributed by atoms with van der Waals surface area (Å²) in [5.74, 6) is -1.10. The van der Waals surface area contributed by atoms with Gasteiger partial charge in [-0.2, -0.15) is 0 Å². The van der Waals surface area contributed by atoms with Crippen molar-refractivity contribution in [1.29, 1.82) is 0 Å². The van der Waals surface area contributed by atoms with Crippen LogP contribution in [0.5, 0.6) is 0 Å². The van der Waals surface area contributed by atoms with Crippen molar-refractivity contribution in [1.82, 2.24) is 0 Å². The minimum Gasteiger partial charge on any atom is -0.480 e. The van der Waals surface area contributed by atoms with Crippen LogP contribution in [0.4, 0.5) is 0 Å². The van der Waals surface area contributed by atoms with Crippen LogP contribution in [0.25, 0.3) is 0 Å². The molecule has 14 heavy (non-hydrogen) atoms. The van der Waals surface area contributed by atoms with Gasteiger partial charge in [0.2, 0.25) is 0 Å². The lowest BCUT2D eigenvalue weighted by atomic mass is 10.1. The standard InChI is InChI=1S/C10H10ClNO2/c11-8-4-2-1-3-6(8)7-5-10(7,12)9(13)14/h1-4,7H,5,12H2,(H,13,14)/t7-,10+/m1/s1. The van der Waals surface area contributed by atoms with E-state index < -0.39 is 11.5 Å². The molecule has 1 aromatic carbocycles. The maximum absolute atomic E-state index is 10.8. The minimum atomic E-state index is -1.11. The summed E-state index contributed by atoms with van der Waals surface area (Å²) in [6.07, 6.45) is 0.464. The average Bonchev–Trinajstić information content (AvgIpc) is 2.80. The minimum absolute atomic E-state index is 0.145. The van der Waals surface area contributed by atoms with Gasteiger partial charge in [-0.1, -0.05) is 29.8 Å². The summed E-state index contributed by atoms with van der Waals surface area (Å²) in [4.78, 5) is 10.8. The van der Waals surface area contributed by atoms with E-state index in [1.807, 2.05) is 18.2 Å². The number of hydrogen-bond acceptors (Lipinski definition) is 2. The molecule has 74 valence electrons. The predicted octanol–water partition coefficient (Wildman–Crippen LogP) is 1.61. The predicted molar refractivity (Wildman–Crippen MR) is 53.4 cm³/mol. The van der Waals surface area contributed by atoms with E-state index in [-0.39, 0.29) is 5.92 Å². The quantitative estimate of drug-likeness (QED) is 0.781. The summed E-state index contributed by atoms with van der Waals surface area (Å²) >= 11 is 5.94. The number of carboxylic acid groups (broad SMARTS) is 1. The number of aliphatic carboxylic acids is 1. The molecule has 4 heteroatoms. The summed E-state index contributed by atoms with van der Waals surface area (Å²) in [6, 6.07) is 7.22. The Labute approximate surface area is 86.5 Å². The highest BCUT2D eigenvalue weighted by atomic mass is 35.5. The van der Waals surface area contributed by atoms with Crippen LogP contribution in [0.2, 0.25) is 5.02 Å². The molecule has 0 saturated heterocycles. The first-order valence-electron chi connectivity index (χ1n) is 4.32. The number of nitrogens with two attached hydrogens (primary N) is 1. The van der Waals surface area contributed by atoms with Crippen molar-refractivity contribution < 1.29 is 9.90 Å². The van der Waals surface area contributed by atoms with Crippen LogP contribution < -0.4 is 5.73 Å². The van der Waals surface area contributed by atoms with E-state index in [1.54, 1.807) is 6.07 Å². The normalized spacial score (nSPS) is 30.0. The smallest absolute Gasteiger partial charge is 0.324 e. The van der Waals surface area contributed by atoms with E-state index in [9.17, 15) is 4.79 Å². The van der Waals surface area contributed by atoms with Crippen molar-refractivity contribution >= 4 is 17.6 Å². The Hall–Kier alpha value is -1.06. The highest BCUT2D eigenvalue weighted by molar-refractivity contribution is 6.31. The summed E-state index contributed by atoms with van der Waals surface area (Å²) in [5.41, 5.74) is 5.40. The molecule has 0 unspecified atom stereocenters. The van der Waals surface area contributed by atoms with Crippen LogP contribution in [-0.4, -0.2) is 16.6 Å². The topological polar surface area (TPSA) is 63.3 Å². The van der Waals surface area contributed by atoms with Gasteiger partial charge < -0.3 is 10.8 Å². The lowest BCUT2D eigenvalue weighted by Crippen LogP contribution is -2.34. The van der Waals surface area contributed by atoms with E-state index in [2.05, 4.69) is 0 Å². The molecule has 3 N–H and O–H groups in total. The van der Waals surface area contributed by atoms with E-state index in [4.69, 9.17) is 22.4 Å². The SMILES string of the molecule is N[C@@]1(C(=O)O)C[C@@H]1c1ccccc1Cl. The molecule has 1 fully saturated rings. The molecular weight excluding hydrogens is 202 g/mol. The Balaban J connectivity index is 2.29. The number of rotatable bonds is 2. The molecule has 0 aromatic heterocycles. The van der Waals surface area contributed by atoms with Crippen LogP contribution in [0.15, 0.2) is 24.3 Å². The highest BCUT2D eigenvalue weighted by Crippen LogP contribution is 2.51. The van der Waals surface area contributed by atoms with Crippen molar-refractivity contribution in [3.63, 3.8) is 0 Å². The molecule has 2 rings (SSSR count). The van der Waals surface area contributed by atoms with E-state index >= 15 is 0 Å². The van der Waals surface area contributed by atoms with E-state index in [1.165, 1.54) is 0 Å². The zero-order valence-corrected chi connectivity index (χ0v) is 8.16. The Morgan fingerprint density at radius 3 is 2.71 bits per heavy atom. The van der Waals surface area contributed by atoms with Gasteiger partial charge in [0.1, 0.15) is 5.54 Å². The number of carbonyl (C=O) groups is 1. The summed E-state index contributed by atoms with van der Waals surface area (Å²) in [6.45, 7) is 0. The Bertz CT molecular complexity index is 393. The average molecular weight is 212 g/mol. The van der Waals surface area contributed by atoms with Crippen molar-refractivity contribution in [3.05, 3.63) is 34.9 Å². The molecule has 1 aliphatic rings. The molecule has 0 aliphatic heterocycles. The first-order valence-corrected chi connectivity index (χ1v) is 4.70. The molecule has 1 saturated carbocycles. The molecule has 2 atom stereocenters. The number of hydrogen-bond donors (Lipinski definition) is 2. The molecule has 0 bridgehead atoms. The molecule has 0 heterocycles. The highest BCUT2D eigenvalue weighted by Gasteiger charge is 2.58. The Kier molecular flexibility index (Phi) is 2.01. The first kappa shape index (κ1) is 9.49. The maximum atomic E-state index is 10.8. The van der Waals surface area contributed by atoms with Gasteiger partial charge in [-0.05, 0) is 18.1 Å². The largest absolute Gasteiger partial charge is 0.480 e. The van der Waals surface area contributed by atoms with Crippen molar-refractivity contribution in [2.24, 2.45) is 5.73 Å². The van der Waals surface area contributed by atoms with Gasteiger partial charge in [0.15, 0.2) is 0 Å². The third-order valence-electron chi connectivity index (χ3n) is 2.68. The van der Waals surface area contributed by atoms with Crippen LogP contribution in [0, 0.1) is 0 Å². The number of carboxylic acids is 1. The van der Waals surface area contributed by atoms with E-state index in [0.29, 0.717) is 11.4 Å². The summed E-state index contributed by atoms with van der Waals surface area (Å²) < 4.78 is 0.